The number of rotatable bonds is 6. The second kappa shape index (κ2) is 8.39. The van der Waals surface area contributed by atoms with Crippen LogP contribution in [0.3, 0.4) is 0 Å². The quantitative estimate of drug-likeness (QED) is 0.610. The van der Waals surface area contributed by atoms with Gasteiger partial charge in [-0.15, -0.1) is 0 Å². The SMILES string of the molecule is NC(Cc1ccc(Oc2ccnc3[nH]ccc23)cn1)C(=O)NC1CCCCC1. The van der Waals surface area contributed by atoms with Gasteiger partial charge in [0, 0.05) is 30.6 Å². The summed E-state index contributed by atoms with van der Waals surface area (Å²) in [4.78, 5) is 24.0. The number of carbonyl (C=O) groups excluding carboxylic acids is 1. The Kier molecular flexibility index (Phi) is 5.53. The molecule has 0 aromatic carbocycles. The first-order chi connectivity index (χ1) is 13.7. The molecule has 1 aliphatic rings. The Bertz CT molecular complexity index is 931. The van der Waals surface area contributed by atoms with Crippen LogP contribution >= 0.6 is 0 Å². The number of hydrogen-bond donors (Lipinski definition) is 3. The van der Waals surface area contributed by atoms with Gasteiger partial charge < -0.3 is 20.8 Å². The van der Waals surface area contributed by atoms with Crippen molar-refractivity contribution in [2.75, 3.05) is 0 Å². The van der Waals surface area contributed by atoms with E-state index in [2.05, 4.69) is 20.3 Å². The third kappa shape index (κ3) is 4.31. The first-order valence-corrected chi connectivity index (χ1v) is 9.80. The van der Waals surface area contributed by atoms with E-state index in [0.29, 0.717) is 17.9 Å². The number of nitrogens with two attached hydrogens (primary N) is 1. The molecule has 0 saturated heterocycles. The van der Waals surface area contributed by atoms with Gasteiger partial charge in [-0.3, -0.25) is 9.78 Å². The molecule has 1 atom stereocenters. The zero-order chi connectivity index (χ0) is 19.3. The number of amides is 1. The standard InChI is InChI=1S/C21H25N5O2/c22-18(21(27)26-14-4-2-1-3-5-14)12-15-6-7-16(13-25-15)28-19-9-11-24-20-17(19)8-10-23-20/h6-11,13-14,18H,1-5,12,22H2,(H,23,24)(H,26,27). The summed E-state index contributed by atoms with van der Waals surface area (Å²) in [6.07, 6.45) is 11.3. The number of nitrogens with zero attached hydrogens (tertiary/aromatic N) is 2. The topological polar surface area (TPSA) is 106 Å². The highest BCUT2D eigenvalue weighted by Gasteiger charge is 2.20. The van der Waals surface area contributed by atoms with Crippen molar-refractivity contribution in [1.82, 2.24) is 20.3 Å². The Morgan fingerprint density at radius 3 is 2.86 bits per heavy atom. The van der Waals surface area contributed by atoms with Crippen molar-refractivity contribution in [2.24, 2.45) is 5.73 Å². The minimum Gasteiger partial charge on any atom is -0.455 e. The molecule has 0 bridgehead atoms. The van der Waals surface area contributed by atoms with Crippen LogP contribution in [0, 0.1) is 0 Å². The molecule has 1 fully saturated rings. The third-order valence-corrected chi connectivity index (χ3v) is 5.16. The monoisotopic (exact) mass is 379 g/mol. The summed E-state index contributed by atoms with van der Waals surface area (Å²) >= 11 is 0. The van der Waals surface area contributed by atoms with E-state index >= 15 is 0 Å². The maximum Gasteiger partial charge on any atom is 0.237 e. The van der Waals surface area contributed by atoms with Crippen molar-refractivity contribution < 1.29 is 9.53 Å². The van der Waals surface area contributed by atoms with E-state index in [1.54, 1.807) is 12.4 Å². The normalized spacial score (nSPS) is 16.0. The second-order valence-electron chi connectivity index (χ2n) is 7.29. The summed E-state index contributed by atoms with van der Waals surface area (Å²) in [5.74, 6) is 1.24. The van der Waals surface area contributed by atoms with Crippen LogP contribution in [0.2, 0.25) is 0 Å². The summed E-state index contributed by atoms with van der Waals surface area (Å²) in [6, 6.07) is 7.09. The van der Waals surface area contributed by atoms with Gasteiger partial charge in [-0.05, 0) is 37.1 Å². The molecule has 0 radical (unpaired) electrons. The molecule has 1 amide bonds. The lowest BCUT2D eigenvalue weighted by Gasteiger charge is -2.24. The van der Waals surface area contributed by atoms with Crippen molar-refractivity contribution >= 4 is 16.9 Å². The number of ether oxygens (including phenoxy) is 1. The average Bonchev–Trinajstić information content (AvgIpc) is 3.20. The van der Waals surface area contributed by atoms with E-state index in [1.807, 2.05) is 30.5 Å². The number of aromatic nitrogens is 3. The molecule has 4 N–H and O–H groups in total. The molecular formula is C21H25N5O2. The van der Waals surface area contributed by atoms with Crippen LogP contribution in [0.15, 0.2) is 42.9 Å². The van der Waals surface area contributed by atoms with Gasteiger partial charge in [0.1, 0.15) is 17.1 Å². The molecule has 3 aromatic heterocycles. The van der Waals surface area contributed by atoms with Crippen LogP contribution < -0.4 is 15.8 Å². The largest absolute Gasteiger partial charge is 0.455 e. The van der Waals surface area contributed by atoms with Gasteiger partial charge in [0.15, 0.2) is 0 Å². The summed E-state index contributed by atoms with van der Waals surface area (Å²) in [5.41, 5.74) is 7.62. The third-order valence-electron chi connectivity index (χ3n) is 5.16. The molecule has 28 heavy (non-hydrogen) atoms. The fourth-order valence-corrected chi connectivity index (χ4v) is 3.62. The zero-order valence-electron chi connectivity index (χ0n) is 15.7. The van der Waals surface area contributed by atoms with E-state index < -0.39 is 6.04 Å². The predicted molar refractivity (Wildman–Crippen MR) is 107 cm³/mol. The van der Waals surface area contributed by atoms with Crippen LogP contribution in [0.5, 0.6) is 11.5 Å². The first-order valence-electron chi connectivity index (χ1n) is 9.80. The highest BCUT2D eigenvalue weighted by atomic mass is 16.5. The maximum absolute atomic E-state index is 12.3. The molecule has 0 aliphatic heterocycles. The lowest BCUT2D eigenvalue weighted by atomic mass is 9.95. The van der Waals surface area contributed by atoms with Crippen molar-refractivity contribution in [3.05, 3.63) is 48.5 Å². The number of aromatic amines is 1. The second-order valence-corrected chi connectivity index (χ2v) is 7.29. The molecule has 7 heteroatoms. The molecular weight excluding hydrogens is 354 g/mol. The Morgan fingerprint density at radius 1 is 1.21 bits per heavy atom. The van der Waals surface area contributed by atoms with Gasteiger partial charge in [0.25, 0.3) is 0 Å². The summed E-state index contributed by atoms with van der Waals surface area (Å²) in [7, 11) is 0. The lowest BCUT2D eigenvalue weighted by Crippen LogP contribution is -2.47. The van der Waals surface area contributed by atoms with E-state index in [4.69, 9.17) is 10.5 Å². The summed E-state index contributed by atoms with van der Waals surface area (Å²) < 4.78 is 5.92. The number of pyridine rings is 2. The first kappa shape index (κ1) is 18.4. The van der Waals surface area contributed by atoms with Gasteiger partial charge in [-0.1, -0.05) is 19.3 Å². The van der Waals surface area contributed by atoms with Crippen LogP contribution in [-0.4, -0.2) is 32.9 Å². The Labute approximate surface area is 163 Å². The molecule has 3 heterocycles. The van der Waals surface area contributed by atoms with E-state index in [9.17, 15) is 4.79 Å². The minimum absolute atomic E-state index is 0.0966. The smallest absolute Gasteiger partial charge is 0.237 e. The Hall–Kier alpha value is -2.93. The Morgan fingerprint density at radius 2 is 2.07 bits per heavy atom. The van der Waals surface area contributed by atoms with Gasteiger partial charge in [0.2, 0.25) is 5.91 Å². The lowest BCUT2D eigenvalue weighted by molar-refractivity contribution is -0.123. The van der Waals surface area contributed by atoms with E-state index in [1.165, 1.54) is 19.3 Å². The molecule has 1 saturated carbocycles. The maximum atomic E-state index is 12.3. The number of nitrogens with one attached hydrogen (secondary N) is 2. The Balaban J connectivity index is 1.35. The number of carbonyl (C=O) groups is 1. The van der Waals surface area contributed by atoms with E-state index in [-0.39, 0.29) is 11.9 Å². The zero-order valence-corrected chi connectivity index (χ0v) is 15.7. The van der Waals surface area contributed by atoms with Gasteiger partial charge in [-0.2, -0.15) is 0 Å². The fourth-order valence-electron chi connectivity index (χ4n) is 3.62. The van der Waals surface area contributed by atoms with Crippen LogP contribution in [0.25, 0.3) is 11.0 Å². The summed E-state index contributed by atoms with van der Waals surface area (Å²) in [5, 5.41) is 3.98. The van der Waals surface area contributed by atoms with Gasteiger partial charge >= 0.3 is 0 Å². The van der Waals surface area contributed by atoms with Crippen LogP contribution in [-0.2, 0) is 11.2 Å². The fraction of sp³-hybridized carbons (Fsp3) is 0.381. The van der Waals surface area contributed by atoms with Crippen LogP contribution in [0.1, 0.15) is 37.8 Å². The van der Waals surface area contributed by atoms with Gasteiger partial charge in [0.05, 0.1) is 17.6 Å². The van der Waals surface area contributed by atoms with Crippen molar-refractivity contribution in [2.45, 2.75) is 50.6 Å². The van der Waals surface area contributed by atoms with Crippen molar-refractivity contribution in [3.63, 3.8) is 0 Å². The molecule has 4 rings (SSSR count). The predicted octanol–water partition coefficient (Wildman–Crippen LogP) is 3.07. The van der Waals surface area contributed by atoms with Crippen molar-refractivity contribution in [1.29, 1.82) is 0 Å². The molecule has 146 valence electrons. The van der Waals surface area contributed by atoms with Crippen molar-refractivity contribution in [3.8, 4) is 11.5 Å². The molecule has 1 unspecified atom stereocenters. The number of hydrogen-bond acceptors (Lipinski definition) is 5. The highest BCUT2D eigenvalue weighted by Crippen LogP contribution is 2.27. The van der Waals surface area contributed by atoms with E-state index in [0.717, 1.165) is 29.6 Å². The number of fused-ring (bicyclic) bond motifs is 1. The molecule has 3 aromatic rings. The van der Waals surface area contributed by atoms with Crippen LogP contribution in [0.4, 0.5) is 0 Å². The summed E-state index contributed by atoms with van der Waals surface area (Å²) in [6.45, 7) is 0. The van der Waals surface area contributed by atoms with Gasteiger partial charge in [-0.25, -0.2) is 4.98 Å². The molecule has 7 nitrogen and oxygen atoms in total. The average molecular weight is 379 g/mol. The molecule has 0 spiro atoms. The number of H-pyrrole nitrogens is 1. The molecule has 1 aliphatic carbocycles. The highest BCUT2D eigenvalue weighted by molar-refractivity contribution is 5.83. The minimum atomic E-state index is -0.596.